The van der Waals surface area contributed by atoms with Crippen LogP contribution in [0, 0.1) is 0 Å². The molecule has 3 heteroatoms. The van der Waals surface area contributed by atoms with Crippen LogP contribution in [0.4, 0.5) is 0 Å². The van der Waals surface area contributed by atoms with Gasteiger partial charge in [0.2, 0.25) is 0 Å². The van der Waals surface area contributed by atoms with E-state index in [9.17, 15) is 4.79 Å². The first-order valence-electron chi connectivity index (χ1n) is 8.16. The molecule has 2 fully saturated rings. The number of rotatable bonds is 4. The van der Waals surface area contributed by atoms with Crippen LogP contribution >= 0.6 is 0 Å². The molecule has 4 rings (SSSR count). The second-order valence-corrected chi connectivity index (χ2v) is 6.63. The largest absolute Gasteiger partial charge is 0.298 e. The van der Waals surface area contributed by atoms with Crippen LogP contribution < -0.4 is 0 Å². The summed E-state index contributed by atoms with van der Waals surface area (Å²) in [6, 6.07) is 11.8. The van der Waals surface area contributed by atoms with Gasteiger partial charge in [-0.1, -0.05) is 25.0 Å². The monoisotopic (exact) mass is 292 g/mol. The number of carbonyl (C=O) groups is 1. The molecule has 22 heavy (non-hydrogen) atoms. The molecule has 2 aromatic rings. The maximum Gasteiger partial charge on any atom is 0.157 e. The molecule has 3 nitrogen and oxygen atoms in total. The van der Waals surface area contributed by atoms with Gasteiger partial charge in [0.15, 0.2) is 5.78 Å². The fraction of sp³-hybridized carbons (Fsp3) is 0.421. The highest BCUT2D eigenvalue weighted by Gasteiger charge is 2.58. The number of aromatic nitrogens is 2. The molecule has 0 bridgehead atoms. The molecule has 0 aliphatic heterocycles. The molecule has 2 saturated carbocycles. The molecule has 2 aromatic heterocycles. The average molecular weight is 292 g/mol. The predicted octanol–water partition coefficient (Wildman–Crippen LogP) is 3.59. The van der Waals surface area contributed by atoms with Crippen LogP contribution in [0.3, 0.4) is 0 Å². The SMILES string of the molecule is O=C(C1(c2ccccn2)CCC1)C1(c2ccccn2)CCC1. The molecule has 0 saturated heterocycles. The Morgan fingerprint density at radius 2 is 1.23 bits per heavy atom. The normalized spacial score (nSPS) is 21.5. The Bertz CT molecular complexity index is 614. The van der Waals surface area contributed by atoms with Gasteiger partial charge in [0.1, 0.15) is 0 Å². The Hall–Kier alpha value is -2.03. The van der Waals surface area contributed by atoms with Crippen molar-refractivity contribution in [3.8, 4) is 0 Å². The van der Waals surface area contributed by atoms with Gasteiger partial charge in [-0.05, 0) is 49.9 Å². The fourth-order valence-electron chi connectivity index (χ4n) is 4.01. The molecule has 112 valence electrons. The standard InChI is InChI=1S/C19H20N2O/c22-17(18(9-5-10-18)15-7-1-3-13-20-15)19(11-6-12-19)16-8-2-4-14-21-16/h1-4,7-8,13-14H,5-6,9-12H2. The van der Waals surface area contributed by atoms with Gasteiger partial charge in [-0.15, -0.1) is 0 Å². The molecule has 2 aliphatic carbocycles. The minimum absolute atomic E-state index is 0.356. The maximum atomic E-state index is 13.6. The highest BCUT2D eigenvalue weighted by atomic mass is 16.1. The first-order valence-corrected chi connectivity index (χ1v) is 8.16. The topological polar surface area (TPSA) is 42.9 Å². The van der Waals surface area contributed by atoms with Crippen molar-refractivity contribution in [2.45, 2.75) is 49.4 Å². The Labute approximate surface area is 130 Å². The van der Waals surface area contributed by atoms with Crippen molar-refractivity contribution < 1.29 is 4.79 Å². The predicted molar refractivity (Wildman–Crippen MR) is 84.5 cm³/mol. The molecule has 2 aliphatic rings. The highest BCUT2D eigenvalue weighted by molar-refractivity contribution is 5.99. The number of pyridine rings is 2. The molecule has 0 amide bonds. The van der Waals surface area contributed by atoms with E-state index in [1.165, 1.54) is 0 Å². The van der Waals surface area contributed by atoms with Crippen molar-refractivity contribution in [3.63, 3.8) is 0 Å². The van der Waals surface area contributed by atoms with Crippen molar-refractivity contribution in [3.05, 3.63) is 60.2 Å². The second kappa shape index (κ2) is 5.01. The van der Waals surface area contributed by atoms with Crippen LogP contribution in [0.25, 0.3) is 0 Å². The molecular weight excluding hydrogens is 272 g/mol. The average Bonchev–Trinajstić information content (AvgIpc) is 2.47. The number of nitrogens with zero attached hydrogens (tertiary/aromatic N) is 2. The van der Waals surface area contributed by atoms with Crippen LogP contribution in [0.15, 0.2) is 48.8 Å². The summed E-state index contributed by atoms with van der Waals surface area (Å²) in [5.74, 6) is 0.356. The van der Waals surface area contributed by atoms with Crippen molar-refractivity contribution >= 4 is 5.78 Å². The van der Waals surface area contributed by atoms with Crippen LogP contribution in [-0.2, 0) is 15.6 Å². The van der Waals surface area contributed by atoms with E-state index in [1.807, 2.05) is 36.4 Å². The van der Waals surface area contributed by atoms with Crippen LogP contribution in [0.5, 0.6) is 0 Å². The highest BCUT2D eigenvalue weighted by Crippen LogP contribution is 2.54. The third-order valence-electron chi connectivity index (χ3n) is 5.59. The summed E-state index contributed by atoms with van der Waals surface area (Å²) < 4.78 is 0. The van der Waals surface area contributed by atoms with Crippen LogP contribution in [0.1, 0.15) is 49.9 Å². The second-order valence-electron chi connectivity index (χ2n) is 6.63. The smallest absolute Gasteiger partial charge is 0.157 e. The summed E-state index contributed by atoms with van der Waals surface area (Å²) in [4.78, 5) is 22.6. The van der Waals surface area contributed by atoms with E-state index in [0.29, 0.717) is 5.78 Å². The van der Waals surface area contributed by atoms with Crippen molar-refractivity contribution in [2.24, 2.45) is 0 Å². The van der Waals surface area contributed by atoms with E-state index in [2.05, 4.69) is 9.97 Å². The lowest BCUT2D eigenvalue weighted by atomic mass is 9.52. The van der Waals surface area contributed by atoms with Gasteiger partial charge in [-0.25, -0.2) is 0 Å². The van der Waals surface area contributed by atoms with Crippen molar-refractivity contribution in [2.75, 3.05) is 0 Å². The lowest BCUT2D eigenvalue weighted by molar-refractivity contribution is -0.137. The lowest BCUT2D eigenvalue weighted by Crippen LogP contribution is -2.56. The van der Waals surface area contributed by atoms with E-state index in [-0.39, 0.29) is 10.8 Å². The van der Waals surface area contributed by atoms with Crippen LogP contribution in [-0.4, -0.2) is 15.8 Å². The zero-order chi connectivity index (χ0) is 15.0. The van der Waals surface area contributed by atoms with E-state index in [4.69, 9.17) is 0 Å². The van der Waals surface area contributed by atoms with Gasteiger partial charge in [0.05, 0.1) is 22.2 Å². The quantitative estimate of drug-likeness (QED) is 0.865. The summed E-state index contributed by atoms with van der Waals surface area (Å²) in [6.07, 6.45) is 9.54. The van der Waals surface area contributed by atoms with E-state index < -0.39 is 0 Å². The number of carbonyl (C=O) groups excluding carboxylic acids is 1. The molecule has 0 aromatic carbocycles. The van der Waals surface area contributed by atoms with Gasteiger partial charge in [-0.3, -0.25) is 14.8 Å². The van der Waals surface area contributed by atoms with E-state index in [1.54, 1.807) is 12.4 Å². The Morgan fingerprint density at radius 3 is 1.50 bits per heavy atom. The molecule has 0 unspecified atom stereocenters. The van der Waals surface area contributed by atoms with Gasteiger partial charge in [0.25, 0.3) is 0 Å². The van der Waals surface area contributed by atoms with Crippen molar-refractivity contribution in [1.29, 1.82) is 0 Å². The van der Waals surface area contributed by atoms with Gasteiger partial charge >= 0.3 is 0 Å². The summed E-state index contributed by atoms with van der Waals surface area (Å²) in [6.45, 7) is 0. The zero-order valence-electron chi connectivity index (χ0n) is 12.7. The molecule has 2 heterocycles. The molecule has 0 atom stereocenters. The first-order chi connectivity index (χ1) is 10.8. The fourth-order valence-corrected chi connectivity index (χ4v) is 4.01. The minimum atomic E-state index is -0.376. The van der Waals surface area contributed by atoms with E-state index in [0.717, 1.165) is 49.9 Å². The Morgan fingerprint density at radius 1 is 0.773 bits per heavy atom. The number of hydrogen-bond acceptors (Lipinski definition) is 3. The summed E-state index contributed by atoms with van der Waals surface area (Å²) in [5, 5.41) is 0. The van der Waals surface area contributed by atoms with Gasteiger partial charge < -0.3 is 0 Å². The van der Waals surface area contributed by atoms with Gasteiger partial charge in [-0.2, -0.15) is 0 Å². The molecule has 0 spiro atoms. The third kappa shape index (κ3) is 1.78. The first kappa shape index (κ1) is 13.6. The minimum Gasteiger partial charge on any atom is -0.298 e. The summed E-state index contributed by atoms with van der Waals surface area (Å²) in [5.41, 5.74) is 1.15. The summed E-state index contributed by atoms with van der Waals surface area (Å²) in [7, 11) is 0. The maximum absolute atomic E-state index is 13.6. The molecular formula is C19H20N2O. The Balaban J connectivity index is 1.76. The number of ketones is 1. The van der Waals surface area contributed by atoms with Gasteiger partial charge in [0, 0.05) is 12.4 Å². The lowest BCUT2D eigenvalue weighted by Gasteiger charge is -2.50. The third-order valence-corrected chi connectivity index (χ3v) is 5.59. The summed E-state index contributed by atoms with van der Waals surface area (Å²) >= 11 is 0. The molecule has 0 radical (unpaired) electrons. The van der Waals surface area contributed by atoms with Crippen molar-refractivity contribution in [1.82, 2.24) is 9.97 Å². The van der Waals surface area contributed by atoms with E-state index >= 15 is 0 Å². The molecule has 0 N–H and O–H groups in total. The Kier molecular flexibility index (Phi) is 3.10. The zero-order valence-corrected chi connectivity index (χ0v) is 12.7. The number of hydrogen-bond donors (Lipinski definition) is 0. The van der Waals surface area contributed by atoms with Crippen LogP contribution in [0.2, 0.25) is 0 Å². The number of Topliss-reactive ketones (excluding diaryl/α,β-unsaturated/α-hetero) is 1.